The highest BCUT2D eigenvalue weighted by molar-refractivity contribution is 5.19. The highest BCUT2D eigenvalue weighted by Gasteiger charge is 2.10. The van der Waals surface area contributed by atoms with Crippen LogP contribution in [0, 0.1) is 5.82 Å². The molecule has 2 aromatic carbocycles. The Labute approximate surface area is 146 Å². The molecule has 0 saturated heterocycles. The summed E-state index contributed by atoms with van der Waals surface area (Å²) in [6, 6.07) is 16.6. The Kier molecular flexibility index (Phi) is 5.80. The van der Waals surface area contributed by atoms with Gasteiger partial charge in [0.2, 0.25) is 0 Å². The van der Waals surface area contributed by atoms with Crippen molar-refractivity contribution in [2.45, 2.75) is 19.1 Å². The minimum absolute atomic E-state index is 0.0251. The summed E-state index contributed by atoms with van der Waals surface area (Å²) in [7, 11) is 1.69. The van der Waals surface area contributed by atoms with Crippen LogP contribution >= 0.6 is 0 Å². The Bertz CT molecular complexity index is 772. The molecule has 0 aliphatic heterocycles. The molecule has 3 rings (SSSR count). The van der Waals surface area contributed by atoms with Crippen molar-refractivity contribution in [3.63, 3.8) is 0 Å². The maximum absolute atomic E-state index is 12.9. The number of hydrogen-bond donors (Lipinski definition) is 0. The van der Waals surface area contributed by atoms with Gasteiger partial charge in [-0.3, -0.25) is 4.68 Å². The van der Waals surface area contributed by atoms with Gasteiger partial charge in [0.1, 0.15) is 12.4 Å². The summed E-state index contributed by atoms with van der Waals surface area (Å²) in [4.78, 5) is 0. The predicted molar refractivity (Wildman–Crippen MR) is 94.2 cm³/mol. The molecular weight excluding hydrogens is 319 g/mol. The first kappa shape index (κ1) is 17.2. The maximum Gasteiger partial charge on any atom is 0.157 e. The topological polar surface area (TPSA) is 36.3 Å². The molecule has 130 valence electrons. The van der Waals surface area contributed by atoms with E-state index in [9.17, 15) is 4.39 Å². The summed E-state index contributed by atoms with van der Waals surface area (Å²) in [5.41, 5.74) is 2.19. The van der Waals surface area contributed by atoms with Crippen LogP contribution in [0.4, 0.5) is 4.39 Å². The van der Waals surface area contributed by atoms with Crippen molar-refractivity contribution >= 4 is 0 Å². The van der Waals surface area contributed by atoms with Gasteiger partial charge < -0.3 is 9.47 Å². The Balaban J connectivity index is 1.52. The van der Waals surface area contributed by atoms with Crippen molar-refractivity contribution in [1.82, 2.24) is 9.78 Å². The number of halogens is 1. The number of rotatable bonds is 8. The highest BCUT2D eigenvalue weighted by atomic mass is 19.1. The third kappa shape index (κ3) is 5.16. The van der Waals surface area contributed by atoms with Crippen molar-refractivity contribution in [3.05, 3.63) is 83.9 Å². The quantitative estimate of drug-likeness (QED) is 0.627. The van der Waals surface area contributed by atoms with Crippen molar-refractivity contribution < 1.29 is 13.9 Å². The number of ether oxygens (including phenoxy) is 2. The molecule has 0 aliphatic carbocycles. The van der Waals surface area contributed by atoms with Crippen LogP contribution in [-0.4, -0.2) is 29.6 Å². The summed E-state index contributed by atoms with van der Waals surface area (Å²) in [6.07, 6.45) is 4.28. The van der Waals surface area contributed by atoms with Crippen LogP contribution < -0.4 is 4.74 Å². The normalized spacial score (nSPS) is 12.1. The van der Waals surface area contributed by atoms with Crippen LogP contribution in [0.15, 0.2) is 67.0 Å². The van der Waals surface area contributed by atoms with E-state index in [0.717, 1.165) is 12.0 Å². The smallest absolute Gasteiger partial charge is 0.157 e. The zero-order valence-electron chi connectivity index (χ0n) is 14.1. The van der Waals surface area contributed by atoms with Crippen LogP contribution in [0.1, 0.15) is 11.1 Å². The molecule has 4 nitrogen and oxygen atoms in total. The van der Waals surface area contributed by atoms with E-state index in [2.05, 4.69) is 17.2 Å². The van der Waals surface area contributed by atoms with Gasteiger partial charge >= 0.3 is 0 Å². The van der Waals surface area contributed by atoms with Gasteiger partial charge in [-0.05, 0) is 23.3 Å². The van der Waals surface area contributed by atoms with E-state index < -0.39 is 0 Å². The van der Waals surface area contributed by atoms with Gasteiger partial charge in [-0.25, -0.2) is 4.39 Å². The molecule has 0 radical (unpaired) electrons. The fourth-order valence-corrected chi connectivity index (χ4v) is 2.56. The van der Waals surface area contributed by atoms with Crippen LogP contribution in [-0.2, 0) is 17.7 Å². The molecule has 0 saturated carbocycles. The van der Waals surface area contributed by atoms with Crippen molar-refractivity contribution in [3.8, 4) is 5.75 Å². The molecule has 1 atom stereocenters. The first-order valence-corrected chi connectivity index (χ1v) is 8.19. The van der Waals surface area contributed by atoms with Gasteiger partial charge in [-0.2, -0.15) is 5.10 Å². The van der Waals surface area contributed by atoms with Crippen molar-refractivity contribution in [2.24, 2.45) is 0 Å². The molecule has 0 fully saturated rings. The Morgan fingerprint density at radius 2 is 1.80 bits per heavy atom. The molecule has 25 heavy (non-hydrogen) atoms. The first-order chi connectivity index (χ1) is 12.2. The third-order valence-corrected chi connectivity index (χ3v) is 3.94. The van der Waals surface area contributed by atoms with Gasteiger partial charge in [0.05, 0.1) is 25.0 Å². The second-order valence-electron chi connectivity index (χ2n) is 5.86. The van der Waals surface area contributed by atoms with E-state index in [0.29, 0.717) is 18.9 Å². The molecule has 5 heteroatoms. The standard InChI is InChI=1S/C20H21FN2O2/c1-24-19(11-16-5-3-2-4-6-16)15-25-20-12-22-23(14-20)13-17-7-9-18(21)10-8-17/h2-10,12,14,19H,11,13,15H2,1H3. The number of benzene rings is 2. The monoisotopic (exact) mass is 340 g/mol. The lowest BCUT2D eigenvalue weighted by molar-refractivity contribution is 0.0584. The minimum Gasteiger partial charge on any atom is -0.488 e. The summed E-state index contributed by atoms with van der Waals surface area (Å²) >= 11 is 0. The molecule has 1 aromatic heterocycles. The zero-order valence-corrected chi connectivity index (χ0v) is 14.1. The summed E-state index contributed by atoms with van der Waals surface area (Å²) in [6.45, 7) is 1.02. The summed E-state index contributed by atoms with van der Waals surface area (Å²) in [5, 5.41) is 4.28. The van der Waals surface area contributed by atoms with Gasteiger partial charge in [0.25, 0.3) is 0 Å². The van der Waals surface area contributed by atoms with Crippen LogP contribution in [0.2, 0.25) is 0 Å². The average molecular weight is 340 g/mol. The largest absolute Gasteiger partial charge is 0.488 e. The van der Waals surface area contributed by atoms with E-state index in [-0.39, 0.29) is 11.9 Å². The van der Waals surface area contributed by atoms with Crippen molar-refractivity contribution in [2.75, 3.05) is 13.7 Å². The van der Waals surface area contributed by atoms with E-state index in [1.807, 2.05) is 24.4 Å². The van der Waals surface area contributed by atoms with E-state index in [1.54, 1.807) is 30.1 Å². The molecule has 0 bridgehead atoms. The van der Waals surface area contributed by atoms with Crippen LogP contribution in [0.5, 0.6) is 5.75 Å². The molecule has 0 amide bonds. The van der Waals surface area contributed by atoms with E-state index in [1.165, 1.54) is 17.7 Å². The van der Waals surface area contributed by atoms with E-state index in [4.69, 9.17) is 9.47 Å². The minimum atomic E-state index is -0.239. The Hall–Kier alpha value is -2.66. The second kappa shape index (κ2) is 8.44. The molecular formula is C20H21FN2O2. The van der Waals surface area contributed by atoms with Gasteiger partial charge in [0.15, 0.2) is 5.75 Å². The SMILES string of the molecule is COC(COc1cnn(Cc2ccc(F)cc2)c1)Cc1ccccc1. The van der Waals surface area contributed by atoms with Crippen molar-refractivity contribution in [1.29, 1.82) is 0 Å². The molecule has 0 N–H and O–H groups in total. The third-order valence-electron chi connectivity index (χ3n) is 3.94. The number of nitrogens with zero attached hydrogens (tertiary/aromatic N) is 2. The average Bonchev–Trinajstić information content (AvgIpc) is 3.09. The lowest BCUT2D eigenvalue weighted by atomic mass is 10.1. The zero-order chi connectivity index (χ0) is 17.5. The fraction of sp³-hybridized carbons (Fsp3) is 0.250. The maximum atomic E-state index is 12.9. The fourth-order valence-electron chi connectivity index (χ4n) is 2.56. The van der Waals surface area contributed by atoms with Crippen LogP contribution in [0.25, 0.3) is 0 Å². The number of hydrogen-bond acceptors (Lipinski definition) is 3. The molecule has 0 aliphatic rings. The second-order valence-corrected chi connectivity index (χ2v) is 5.86. The highest BCUT2D eigenvalue weighted by Crippen LogP contribution is 2.13. The van der Waals surface area contributed by atoms with Gasteiger partial charge in [-0.1, -0.05) is 42.5 Å². The van der Waals surface area contributed by atoms with Crippen LogP contribution in [0.3, 0.4) is 0 Å². The number of aromatic nitrogens is 2. The van der Waals surface area contributed by atoms with Gasteiger partial charge in [-0.15, -0.1) is 0 Å². The summed E-state index contributed by atoms with van der Waals surface area (Å²) < 4.78 is 26.0. The molecule has 0 spiro atoms. The first-order valence-electron chi connectivity index (χ1n) is 8.19. The Morgan fingerprint density at radius 1 is 1.04 bits per heavy atom. The Morgan fingerprint density at radius 3 is 2.52 bits per heavy atom. The lowest BCUT2D eigenvalue weighted by Gasteiger charge is -2.15. The van der Waals surface area contributed by atoms with Gasteiger partial charge in [0, 0.05) is 13.5 Å². The lowest BCUT2D eigenvalue weighted by Crippen LogP contribution is -2.22. The molecule has 3 aromatic rings. The predicted octanol–water partition coefficient (Wildman–Crippen LogP) is 3.71. The molecule has 1 heterocycles. The van der Waals surface area contributed by atoms with E-state index >= 15 is 0 Å². The molecule has 1 unspecified atom stereocenters. The summed E-state index contributed by atoms with van der Waals surface area (Å²) in [5.74, 6) is 0.453. The number of methoxy groups -OCH3 is 1.